The maximum atomic E-state index is 11.0. The molecular weight excluding hydrogens is 278 g/mol. The third-order valence-corrected chi connectivity index (χ3v) is 4.58. The molecule has 2 N–H and O–H groups in total. The highest BCUT2D eigenvalue weighted by Crippen LogP contribution is 2.45. The van der Waals surface area contributed by atoms with Gasteiger partial charge in [0.15, 0.2) is 0 Å². The van der Waals surface area contributed by atoms with Crippen molar-refractivity contribution in [3.63, 3.8) is 0 Å². The van der Waals surface area contributed by atoms with Gasteiger partial charge in [0, 0.05) is 12.1 Å². The molecule has 0 aromatic heterocycles. The highest BCUT2D eigenvalue weighted by Gasteiger charge is 2.46. The molecule has 4 heteroatoms. The van der Waals surface area contributed by atoms with Gasteiger partial charge in [-0.25, -0.2) is 0 Å². The zero-order valence-electron chi connectivity index (χ0n) is 14.3. The molecule has 1 heterocycles. The summed E-state index contributed by atoms with van der Waals surface area (Å²) < 4.78 is 6.34. The Balaban J connectivity index is 2.48. The second kappa shape index (κ2) is 6.57. The molecule has 1 aromatic rings. The molecule has 0 amide bonds. The summed E-state index contributed by atoms with van der Waals surface area (Å²) in [5.74, 6) is 1.17. The van der Waals surface area contributed by atoms with Crippen molar-refractivity contribution >= 4 is 0 Å². The van der Waals surface area contributed by atoms with Crippen molar-refractivity contribution in [1.29, 1.82) is 0 Å². The van der Waals surface area contributed by atoms with E-state index in [0.29, 0.717) is 12.5 Å². The van der Waals surface area contributed by atoms with Crippen molar-refractivity contribution < 1.29 is 14.9 Å². The maximum absolute atomic E-state index is 11.0. The SMILES string of the molecule is CCN(CCO)C1C(O)c2cccc(C(C)C)c2OC1(C)C. The fourth-order valence-corrected chi connectivity index (χ4v) is 3.51. The number of aliphatic hydroxyl groups is 2. The zero-order chi connectivity index (χ0) is 16.5. The van der Waals surface area contributed by atoms with E-state index in [4.69, 9.17) is 4.74 Å². The average Bonchev–Trinajstić information content (AvgIpc) is 2.44. The lowest BCUT2D eigenvalue weighted by molar-refractivity contribution is -0.0846. The van der Waals surface area contributed by atoms with Gasteiger partial charge in [-0.3, -0.25) is 4.90 Å². The first-order chi connectivity index (χ1) is 10.3. The van der Waals surface area contributed by atoms with Gasteiger partial charge in [-0.15, -0.1) is 0 Å². The lowest BCUT2D eigenvalue weighted by Gasteiger charge is -2.48. The van der Waals surface area contributed by atoms with E-state index in [9.17, 15) is 10.2 Å². The highest BCUT2D eigenvalue weighted by atomic mass is 16.5. The van der Waals surface area contributed by atoms with Crippen LogP contribution in [0.25, 0.3) is 0 Å². The molecule has 1 aliphatic rings. The molecular formula is C18H29NO3. The van der Waals surface area contributed by atoms with Gasteiger partial charge in [0.25, 0.3) is 0 Å². The predicted molar refractivity (Wildman–Crippen MR) is 88.3 cm³/mol. The third-order valence-electron chi connectivity index (χ3n) is 4.58. The fourth-order valence-electron chi connectivity index (χ4n) is 3.51. The minimum Gasteiger partial charge on any atom is -0.485 e. The number of benzene rings is 1. The smallest absolute Gasteiger partial charge is 0.129 e. The van der Waals surface area contributed by atoms with Gasteiger partial charge in [-0.1, -0.05) is 39.0 Å². The number of aliphatic hydroxyl groups excluding tert-OH is 2. The normalized spacial score (nSPS) is 23.5. The number of hydrogen-bond donors (Lipinski definition) is 2. The Bertz CT molecular complexity index is 513. The third kappa shape index (κ3) is 3.00. The first kappa shape index (κ1) is 17.3. The predicted octanol–water partition coefficient (Wildman–Crippen LogP) is 2.70. The molecule has 2 unspecified atom stereocenters. The Hall–Kier alpha value is -1.10. The van der Waals surface area contributed by atoms with Crippen LogP contribution in [-0.2, 0) is 0 Å². The summed E-state index contributed by atoms with van der Waals surface area (Å²) in [6, 6.07) is 5.82. The van der Waals surface area contributed by atoms with Crippen LogP contribution in [0.5, 0.6) is 5.75 Å². The Kier molecular flexibility index (Phi) is 5.15. The van der Waals surface area contributed by atoms with Crippen molar-refractivity contribution in [3.05, 3.63) is 29.3 Å². The Morgan fingerprint density at radius 3 is 2.55 bits per heavy atom. The summed E-state index contributed by atoms with van der Waals surface area (Å²) in [6.45, 7) is 11.7. The van der Waals surface area contributed by atoms with E-state index in [-0.39, 0.29) is 12.6 Å². The molecule has 0 saturated carbocycles. The standard InChI is InChI=1S/C18H29NO3/c1-6-19(10-11-20)17-15(21)14-9-7-8-13(12(2)3)16(14)22-18(17,4)5/h7-9,12,15,17,20-21H,6,10-11H2,1-5H3. The summed E-state index contributed by atoms with van der Waals surface area (Å²) in [7, 11) is 0. The lowest BCUT2D eigenvalue weighted by atomic mass is 9.83. The van der Waals surface area contributed by atoms with Crippen LogP contribution in [0, 0.1) is 0 Å². The second-order valence-electron chi connectivity index (χ2n) is 6.87. The minimum atomic E-state index is -0.621. The Morgan fingerprint density at radius 2 is 2.00 bits per heavy atom. The summed E-state index contributed by atoms with van der Waals surface area (Å²) in [5.41, 5.74) is 1.46. The monoisotopic (exact) mass is 307 g/mol. The van der Waals surface area contributed by atoms with Crippen molar-refractivity contribution in [1.82, 2.24) is 4.90 Å². The summed E-state index contributed by atoms with van der Waals surface area (Å²) in [6.07, 6.45) is -0.621. The van der Waals surface area contributed by atoms with E-state index in [1.54, 1.807) is 0 Å². The maximum Gasteiger partial charge on any atom is 0.129 e. The molecule has 1 aliphatic heterocycles. The number of fused-ring (bicyclic) bond motifs is 1. The van der Waals surface area contributed by atoms with Crippen molar-refractivity contribution in [3.8, 4) is 5.75 Å². The number of likely N-dealkylation sites (N-methyl/N-ethyl adjacent to an activating group) is 1. The number of ether oxygens (including phenoxy) is 1. The highest BCUT2D eigenvalue weighted by molar-refractivity contribution is 5.47. The van der Waals surface area contributed by atoms with Gasteiger partial charge in [0.2, 0.25) is 0 Å². The van der Waals surface area contributed by atoms with E-state index in [1.165, 1.54) is 0 Å². The second-order valence-corrected chi connectivity index (χ2v) is 6.87. The molecule has 2 rings (SSSR count). The quantitative estimate of drug-likeness (QED) is 0.878. The van der Waals surface area contributed by atoms with Crippen LogP contribution >= 0.6 is 0 Å². The van der Waals surface area contributed by atoms with Gasteiger partial charge in [0.1, 0.15) is 17.5 Å². The van der Waals surface area contributed by atoms with Crippen LogP contribution in [0.3, 0.4) is 0 Å². The molecule has 0 radical (unpaired) electrons. The largest absolute Gasteiger partial charge is 0.485 e. The van der Waals surface area contributed by atoms with E-state index in [2.05, 4.69) is 24.8 Å². The Morgan fingerprint density at radius 1 is 1.32 bits per heavy atom. The molecule has 0 fully saturated rings. The lowest BCUT2D eigenvalue weighted by Crippen LogP contribution is -2.58. The molecule has 0 saturated heterocycles. The topological polar surface area (TPSA) is 52.9 Å². The van der Waals surface area contributed by atoms with Crippen molar-refractivity contribution in [2.24, 2.45) is 0 Å². The van der Waals surface area contributed by atoms with Gasteiger partial charge in [-0.2, -0.15) is 0 Å². The van der Waals surface area contributed by atoms with Gasteiger partial charge >= 0.3 is 0 Å². The zero-order valence-corrected chi connectivity index (χ0v) is 14.3. The van der Waals surface area contributed by atoms with Gasteiger partial charge in [-0.05, 0) is 31.9 Å². The van der Waals surface area contributed by atoms with Crippen molar-refractivity contribution in [2.75, 3.05) is 19.7 Å². The number of hydrogen-bond acceptors (Lipinski definition) is 4. The van der Waals surface area contributed by atoms with E-state index >= 15 is 0 Å². The van der Waals surface area contributed by atoms with Crippen LogP contribution < -0.4 is 4.74 Å². The number of rotatable bonds is 5. The number of para-hydroxylation sites is 1. The summed E-state index contributed by atoms with van der Waals surface area (Å²) >= 11 is 0. The van der Waals surface area contributed by atoms with Crippen LogP contribution in [-0.4, -0.2) is 46.5 Å². The van der Waals surface area contributed by atoms with E-state index < -0.39 is 11.7 Å². The Labute approximate surface area is 133 Å². The molecule has 124 valence electrons. The molecule has 0 aliphatic carbocycles. The average molecular weight is 307 g/mol. The first-order valence-electron chi connectivity index (χ1n) is 8.18. The summed E-state index contributed by atoms with van der Waals surface area (Å²) in [5, 5.41) is 20.3. The van der Waals surface area contributed by atoms with Crippen molar-refractivity contribution in [2.45, 2.75) is 58.3 Å². The molecule has 2 atom stereocenters. The fraction of sp³-hybridized carbons (Fsp3) is 0.667. The first-order valence-corrected chi connectivity index (χ1v) is 8.18. The van der Waals surface area contributed by atoms with Gasteiger partial charge in [0.05, 0.1) is 12.6 Å². The van der Waals surface area contributed by atoms with E-state index in [1.807, 2.05) is 32.9 Å². The van der Waals surface area contributed by atoms with Crippen LogP contribution in [0.4, 0.5) is 0 Å². The van der Waals surface area contributed by atoms with Crippen LogP contribution in [0.2, 0.25) is 0 Å². The van der Waals surface area contributed by atoms with Crippen LogP contribution in [0.1, 0.15) is 57.8 Å². The number of nitrogens with zero attached hydrogens (tertiary/aromatic N) is 1. The molecule has 0 spiro atoms. The molecule has 4 nitrogen and oxygen atoms in total. The van der Waals surface area contributed by atoms with E-state index in [0.717, 1.165) is 23.4 Å². The summed E-state index contributed by atoms with van der Waals surface area (Å²) in [4.78, 5) is 2.09. The van der Waals surface area contributed by atoms with Gasteiger partial charge < -0.3 is 14.9 Å². The molecule has 0 bridgehead atoms. The minimum absolute atomic E-state index is 0.0754. The van der Waals surface area contributed by atoms with Crippen LogP contribution in [0.15, 0.2) is 18.2 Å². The molecule has 22 heavy (non-hydrogen) atoms. The molecule has 1 aromatic carbocycles.